The Morgan fingerprint density at radius 3 is 1.74 bits per heavy atom. The molecule has 0 heterocycles. The summed E-state index contributed by atoms with van der Waals surface area (Å²) in [5.74, 6) is 0.754. The van der Waals surface area contributed by atoms with Gasteiger partial charge in [0.1, 0.15) is 0 Å². The number of fused-ring (bicyclic) bond motifs is 3. The van der Waals surface area contributed by atoms with E-state index in [1.54, 1.807) is 20.9 Å². The van der Waals surface area contributed by atoms with Gasteiger partial charge in [-0.25, -0.2) is 0 Å². The molecule has 4 aromatic rings. The second-order valence-corrected chi connectivity index (χ2v) is 21.1. The molecule has 2 atom stereocenters. The van der Waals surface area contributed by atoms with Gasteiger partial charge in [0.2, 0.25) is 0 Å². The molecule has 2 aliphatic carbocycles. The van der Waals surface area contributed by atoms with Crippen LogP contribution in [-0.4, -0.2) is 3.21 Å². The Labute approximate surface area is 298 Å². The van der Waals surface area contributed by atoms with Gasteiger partial charge >= 0.3 is 276 Å². The van der Waals surface area contributed by atoms with Crippen LogP contribution >= 0.6 is 0 Å². The molecule has 0 saturated heterocycles. The minimum absolute atomic E-state index is 0. The van der Waals surface area contributed by atoms with Gasteiger partial charge in [0.25, 0.3) is 0 Å². The molecular formula is C43H48Cl2Zr. The van der Waals surface area contributed by atoms with Gasteiger partial charge in [0.15, 0.2) is 0 Å². The number of rotatable bonds is 6. The van der Waals surface area contributed by atoms with Crippen LogP contribution in [0.15, 0.2) is 113 Å². The molecule has 46 heavy (non-hydrogen) atoms. The van der Waals surface area contributed by atoms with Crippen LogP contribution in [0.1, 0.15) is 107 Å². The molecule has 238 valence electrons. The van der Waals surface area contributed by atoms with E-state index in [9.17, 15) is 0 Å². The maximum Gasteiger partial charge on any atom is -1.00 e. The van der Waals surface area contributed by atoms with Gasteiger partial charge < -0.3 is 24.8 Å². The summed E-state index contributed by atoms with van der Waals surface area (Å²) in [5, 5.41) is 0. The number of hydrogen-bond donors (Lipinski definition) is 0. The van der Waals surface area contributed by atoms with Crippen molar-refractivity contribution in [1.82, 2.24) is 0 Å². The standard InChI is InChI=1S/C21H25.C17H18.C5H5.2ClH.Zr/c1-20(2,3)16-7-9-18-14(12-16)11-15-13-17(21(4,5)6)8-10-19(15)18;1-14(16-9-5-3-6-10-16)13-15(2)17-11-7-4-8-12-17;1-2-4-5-3-1;;;/h7-10,12H,11H2,1-6H3;3-12,14-15H,1-2H3;1-3H,4H2;2*1H;/q;;;;;+2/p-2. The van der Waals surface area contributed by atoms with Crippen LogP contribution in [0, 0.1) is 0 Å². The van der Waals surface area contributed by atoms with E-state index in [0.717, 1.165) is 12.8 Å². The Morgan fingerprint density at radius 1 is 0.674 bits per heavy atom. The van der Waals surface area contributed by atoms with E-state index in [2.05, 4.69) is 165 Å². The molecule has 0 aromatic heterocycles. The molecule has 6 rings (SSSR count). The molecule has 0 aliphatic heterocycles. The van der Waals surface area contributed by atoms with Crippen molar-refractivity contribution in [2.24, 2.45) is 0 Å². The second kappa shape index (κ2) is 14.4. The van der Waals surface area contributed by atoms with Crippen molar-refractivity contribution in [2.45, 2.75) is 90.9 Å². The maximum atomic E-state index is 2.52. The fourth-order valence-electron chi connectivity index (χ4n) is 7.43. The van der Waals surface area contributed by atoms with Crippen LogP contribution in [0.4, 0.5) is 0 Å². The first-order valence-electron chi connectivity index (χ1n) is 16.5. The fraction of sp³-hybridized carbons (Fsp3) is 0.326. The summed E-state index contributed by atoms with van der Waals surface area (Å²) >= 11 is -2.73. The van der Waals surface area contributed by atoms with E-state index >= 15 is 0 Å². The zero-order chi connectivity index (χ0) is 31.2. The van der Waals surface area contributed by atoms with Crippen molar-refractivity contribution in [1.29, 1.82) is 0 Å². The summed E-state index contributed by atoms with van der Waals surface area (Å²) in [6, 6.07) is 34.9. The molecule has 0 N–H and O–H groups in total. The van der Waals surface area contributed by atoms with E-state index in [1.165, 1.54) is 33.4 Å². The van der Waals surface area contributed by atoms with Crippen LogP contribution in [0.3, 0.4) is 0 Å². The average molecular weight is 727 g/mol. The van der Waals surface area contributed by atoms with Crippen molar-refractivity contribution in [3.8, 4) is 11.1 Å². The molecule has 4 aromatic carbocycles. The Morgan fingerprint density at radius 2 is 1.24 bits per heavy atom. The minimum Gasteiger partial charge on any atom is -1.00 e. The summed E-state index contributed by atoms with van der Waals surface area (Å²) in [5.41, 5.74) is 12.2. The molecule has 2 aliphatic rings. The Bertz CT molecular complexity index is 1730. The smallest absolute Gasteiger partial charge is 1.00 e. The van der Waals surface area contributed by atoms with E-state index in [0.29, 0.717) is 11.8 Å². The van der Waals surface area contributed by atoms with Crippen LogP contribution in [-0.2, 0) is 38.5 Å². The molecule has 0 fully saturated rings. The van der Waals surface area contributed by atoms with E-state index < -0.39 is 21.3 Å². The van der Waals surface area contributed by atoms with Crippen molar-refractivity contribution in [3.05, 3.63) is 146 Å². The molecule has 0 nitrogen and oxygen atoms in total. The molecular weight excluding hydrogens is 679 g/mol. The summed E-state index contributed by atoms with van der Waals surface area (Å²) in [7, 11) is 0. The number of allylic oxidation sites excluding steroid dienone is 4. The van der Waals surface area contributed by atoms with Crippen LogP contribution in [0.5, 0.6) is 0 Å². The van der Waals surface area contributed by atoms with Crippen molar-refractivity contribution in [3.63, 3.8) is 0 Å². The normalized spacial score (nSPS) is 14.5. The quantitative estimate of drug-likeness (QED) is 0.238. The summed E-state index contributed by atoms with van der Waals surface area (Å²) in [6.07, 6.45) is 9.38. The van der Waals surface area contributed by atoms with Gasteiger partial charge in [0, 0.05) is 0 Å². The SMILES string of the molecule is CC([C](C(C)c1ccccc1)=[Zr+2]([C]1=CC=CC1)[c]1c(C(C)(C)C)ccc2c1Cc1cc(C(C)(C)C)ccc1-2)c1ccccc1.[Cl-].[Cl-]. The van der Waals surface area contributed by atoms with Crippen LogP contribution in [0.25, 0.3) is 11.1 Å². The molecule has 2 unspecified atom stereocenters. The molecule has 3 heteroatoms. The predicted octanol–water partition coefficient (Wildman–Crippen LogP) is 4.73. The largest absolute Gasteiger partial charge is 1.00 e. The monoisotopic (exact) mass is 724 g/mol. The summed E-state index contributed by atoms with van der Waals surface area (Å²) < 4.78 is 5.27. The molecule has 0 saturated carbocycles. The van der Waals surface area contributed by atoms with Crippen LogP contribution in [0.2, 0.25) is 0 Å². The first-order chi connectivity index (χ1) is 20.9. The van der Waals surface area contributed by atoms with Crippen molar-refractivity contribution >= 4 is 6.48 Å². The number of halogens is 2. The predicted molar refractivity (Wildman–Crippen MR) is 188 cm³/mol. The minimum atomic E-state index is -2.73. The Balaban J connectivity index is 0.00000240. The van der Waals surface area contributed by atoms with E-state index in [4.69, 9.17) is 0 Å². The number of hydrogen-bond acceptors (Lipinski definition) is 0. The van der Waals surface area contributed by atoms with Gasteiger partial charge in [-0.1, -0.05) is 0 Å². The van der Waals surface area contributed by atoms with Gasteiger partial charge in [-0.3, -0.25) is 0 Å². The van der Waals surface area contributed by atoms with Crippen molar-refractivity contribution in [2.75, 3.05) is 0 Å². The summed E-state index contributed by atoms with van der Waals surface area (Å²) in [6.45, 7) is 19.3. The second-order valence-electron chi connectivity index (χ2n) is 15.0. The maximum absolute atomic E-state index is 2.73. The average Bonchev–Trinajstić information content (AvgIpc) is 3.67. The third-order valence-corrected chi connectivity index (χ3v) is 18.6. The third kappa shape index (κ3) is 7.09. The Hall–Kier alpha value is -2.31. The van der Waals surface area contributed by atoms with Gasteiger partial charge in [-0.05, 0) is 0 Å². The Kier molecular flexibility index (Phi) is 11.5. The number of benzene rings is 4. The van der Waals surface area contributed by atoms with Gasteiger partial charge in [0.05, 0.1) is 0 Å². The van der Waals surface area contributed by atoms with E-state index in [-0.39, 0.29) is 35.6 Å². The third-order valence-electron chi connectivity index (χ3n) is 9.91. The molecule has 0 radical (unpaired) electrons. The molecule has 0 amide bonds. The zero-order valence-corrected chi connectivity index (χ0v) is 32.7. The molecule has 0 bridgehead atoms. The topological polar surface area (TPSA) is 0 Å². The zero-order valence-electron chi connectivity index (χ0n) is 28.7. The van der Waals surface area contributed by atoms with Gasteiger partial charge in [-0.15, -0.1) is 0 Å². The fourth-order valence-corrected chi connectivity index (χ4v) is 17.3. The van der Waals surface area contributed by atoms with Crippen LogP contribution < -0.4 is 28.1 Å². The summed E-state index contributed by atoms with van der Waals surface area (Å²) in [4.78, 5) is 0. The van der Waals surface area contributed by atoms with E-state index in [1.807, 2.05) is 0 Å². The molecule has 0 spiro atoms. The first kappa shape index (κ1) is 36.5. The van der Waals surface area contributed by atoms with Gasteiger partial charge in [-0.2, -0.15) is 0 Å². The first-order valence-corrected chi connectivity index (χ1v) is 20.1. The van der Waals surface area contributed by atoms with Crippen molar-refractivity contribution < 1.29 is 46.1 Å².